The minimum atomic E-state index is 0.220. The molecule has 1 aromatic rings. The van der Waals surface area contributed by atoms with Crippen LogP contribution in [0.15, 0.2) is 65.8 Å². The molecule has 0 saturated carbocycles. The van der Waals surface area contributed by atoms with Gasteiger partial charge in [0, 0.05) is 24.9 Å². The molecule has 0 unspecified atom stereocenters. The van der Waals surface area contributed by atoms with E-state index in [4.69, 9.17) is 31.8 Å². The average Bonchev–Trinajstić information content (AvgIpc) is 2.65. The summed E-state index contributed by atoms with van der Waals surface area (Å²) in [7, 11) is 1.77. The summed E-state index contributed by atoms with van der Waals surface area (Å²) < 4.78 is 5.72. The second kappa shape index (κ2) is 10.9. The van der Waals surface area contributed by atoms with Gasteiger partial charge >= 0.3 is 0 Å². The Morgan fingerprint density at radius 2 is 2.15 bits per heavy atom. The number of anilines is 1. The lowest BCUT2D eigenvalue weighted by Crippen LogP contribution is -2.03. The summed E-state index contributed by atoms with van der Waals surface area (Å²) in [5.41, 5.74) is 7.02. The molecule has 138 valence electrons. The molecular weight excluding hydrogens is 354 g/mol. The Balaban J connectivity index is 3.01. The first kappa shape index (κ1) is 21.2. The molecule has 0 atom stereocenters. The third-order valence-corrected chi connectivity index (χ3v) is 3.45. The van der Waals surface area contributed by atoms with Gasteiger partial charge in [-0.3, -0.25) is 0 Å². The van der Waals surface area contributed by atoms with Crippen molar-refractivity contribution in [3.05, 3.63) is 70.8 Å². The molecule has 0 aliphatic carbocycles. The van der Waals surface area contributed by atoms with Gasteiger partial charge in [-0.15, -0.1) is 0 Å². The average molecular weight is 376 g/mol. The third-order valence-electron chi connectivity index (χ3n) is 3.14. The standard InChI is InChI=1S/C19H22ClN3O3/c1-5-18(26-24-6-2)14(11-21)9-13(3)19(12-22)25-15-7-8-17(23-4)16(20)10-15/h5,7-10,12,23H,3,6,22H2,1-2,4H3/b14-9-,18-5+,19-12+. The van der Waals surface area contributed by atoms with Gasteiger partial charge in [0.15, 0.2) is 5.76 Å². The van der Waals surface area contributed by atoms with Crippen LogP contribution in [0, 0.1) is 11.3 Å². The van der Waals surface area contributed by atoms with Crippen LogP contribution in [0.5, 0.6) is 5.75 Å². The van der Waals surface area contributed by atoms with Gasteiger partial charge in [0.25, 0.3) is 0 Å². The van der Waals surface area contributed by atoms with Gasteiger partial charge in [-0.05, 0) is 38.1 Å². The van der Waals surface area contributed by atoms with Crippen molar-refractivity contribution < 1.29 is 14.5 Å². The number of nitrogens with one attached hydrogen (secondary N) is 1. The van der Waals surface area contributed by atoms with Crippen molar-refractivity contribution in [2.24, 2.45) is 5.73 Å². The van der Waals surface area contributed by atoms with Gasteiger partial charge < -0.3 is 20.7 Å². The van der Waals surface area contributed by atoms with Gasteiger partial charge in [-0.1, -0.05) is 18.2 Å². The van der Waals surface area contributed by atoms with Crippen LogP contribution in [0.1, 0.15) is 13.8 Å². The van der Waals surface area contributed by atoms with E-state index in [-0.39, 0.29) is 17.1 Å². The summed E-state index contributed by atoms with van der Waals surface area (Å²) in [6.07, 6.45) is 4.37. The zero-order valence-electron chi connectivity index (χ0n) is 15.0. The molecule has 0 heterocycles. The molecule has 3 N–H and O–H groups in total. The second-order valence-electron chi connectivity index (χ2n) is 4.86. The molecule has 26 heavy (non-hydrogen) atoms. The molecule has 0 aromatic heterocycles. The molecule has 0 amide bonds. The van der Waals surface area contributed by atoms with Gasteiger partial charge in [0.05, 0.1) is 22.9 Å². The number of rotatable bonds is 9. The van der Waals surface area contributed by atoms with E-state index in [2.05, 4.69) is 11.9 Å². The van der Waals surface area contributed by atoms with Crippen LogP contribution in [0.4, 0.5) is 5.69 Å². The molecule has 0 bridgehead atoms. The van der Waals surface area contributed by atoms with Gasteiger partial charge in [-0.2, -0.15) is 10.1 Å². The zero-order valence-corrected chi connectivity index (χ0v) is 15.8. The lowest BCUT2D eigenvalue weighted by Gasteiger charge is -2.12. The van der Waals surface area contributed by atoms with Crippen molar-refractivity contribution in [1.82, 2.24) is 0 Å². The van der Waals surface area contributed by atoms with Gasteiger partial charge in [0.1, 0.15) is 17.6 Å². The summed E-state index contributed by atoms with van der Waals surface area (Å²) in [5, 5.41) is 12.8. The summed E-state index contributed by atoms with van der Waals surface area (Å²) >= 11 is 6.14. The van der Waals surface area contributed by atoms with E-state index < -0.39 is 0 Å². The number of ether oxygens (including phenoxy) is 1. The Hall–Kier alpha value is -2.88. The van der Waals surface area contributed by atoms with E-state index in [0.717, 1.165) is 5.69 Å². The lowest BCUT2D eigenvalue weighted by molar-refractivity contribution is -0.255. The van der Waals surface area contributed by atoms with Crippen molar-refractivity contribution in [3.8, 4) is 11.8 Å². The predicted octanol–water partition coefficient (Wildman–Crippen LogP) is 4.44. The molecule has 0 spiro atoms. The first-order valence-corrected chi connectivity index (χ1v) is 8.22. The Bertz CT molecular complexity index is 777. The van der Waals surface area contributed by atoms with E-state index in [0.29, 0.717) is 23.0 Å². The number of nitriles is 1. The highest BCUT2D eigenvalue weighted by Crippen LogP contribution is 2.28. The maximum atomic E-state index is 9.36. The number of benzene rings is 1. The maximum absolute atomic E-state index is 9.36. The van der Waals surface area contributed by atoms with Gasteiger partial charge in [-0.25, -0.2) is 0 Å². The SMILES string of the molecule is C=C(/C=C(C#N)\C(=C/C)OOCC)/C(=C\N)Oc1ccc(NC)c(Cl)c1. The van der Waals surface area contributed by atoms with Gasteiger partial charge in [0.2, 0.25) is 0 Å². The first-order valence-electron chi connectivity index (χ1n) is 7.84. The summed E-state index contributed by atoms with van der Waals surface area (Å²) in [4.78, 5) is 9.97. The molecular formula is C19H22ClN3O3. The van der Waals surface area contributed by atoms with Crippen LogP contribution < -0.4 is 15.8 Å². The first-order chi connectivity index (χ1) is 12.5. The number of nitrogens with zero attached hydrogens (tertiary/aromatic N) is 1. The number of nitrogens with two attached hydrogens (primary N) is 1. The van der Waals surface area contributed by atoms with Crippen molar-refractivity contribution in [2.45, 2.75) is 13.8 Å². The smallest absolute Gasteiger partial charge is 0.178 e. The Morgan fingerprint density at radius 1 is 1.42 bits per heavy atom. The van der Waals surface area contributed by atoms with E-state index >= 15 is 0 Å². The number of halogens is 1. The number of hydrogen-bond acceptors (Lipinski definition) is 6. The van der Waals surface area contributed by atoms with Crippen LogP contribution >= 0.6 is 11.6 Å². The normalized spacial score (nSPS) is 12.3. The minimum absolute atomic E-state index is 0.220. The van der Waals surface area contributed by atoms with Crippen molar-refractivity contribution in [1.29, 1.82) is 5.26 Å². The Kier molecular flexibility index (Phi) is 8.85. The topological polar surface area (TPSA) is 89.5 Å². The fourth-order valence-corrected chi connectivity index (χ4v) is 2.14. The van der Waals surface area contributed by atoms with Crippen LogP contribution in [0.2, 0.25) is 5.02 Å². The molecule has 1 aromatic carbocycles. The lowest BCUT2D eigenvalue weighted by atomic mass is 10.1. The van der Waals surface area contributed by atoms with Crippen molar-refractivity contribution >= 4 is 17.3 Å². The molecule has 7 heteroatoms. The minimum Gasteiger partial charge on any atom is -0.455 e. The van der Waals surface area contributed by atoms with E-state index in [9.17, 15) is 5.26 Å². The highest BCUT2D eigenvalue weighted by atomic mass is 35.5. The van der Waals surface area contributed by atoms with E-state index in [1.165, 1.54) is 12.3 Å². The number of hydrogen-bond donors (Lipinski definition) is 2. The Morgan fingerprint density at radius 3 is 2.65 bits per heavy atom. The second-order valence-corrected chi connectivity index (χ2v) is 5.27. The molecule has 6 nitrogen and oxygen atoms in total. The van der Waals surface area contributed by atoms with Crippen molar-refractivity contribution in [3.63, 3.8) is 0 Å². The highest BCUT2D eigenvalue weighted by Gasteiger charge is 2.11. The fourth-order valence-electron chi connectivity index (χ4n) is 1.87. The van der Waals surface area contributed by atoms with Crippen LogP contribution in [0.25, 0.3) is 0 Å². The van der Waals surface area contributed by atoms with Crippen LogP contribution in [-0.2, 0) is 9.78 Å². The summed E-state index contributed by atoms with van der Waals surface area (Å²) in [6.45, 7) is 7.74. The summed E-state index contributed by atoms with van der Waals surface area (Å²) in [6, 6.07) is 7.19. The van der Waals surface area contributed by atoms with Crippen LogP contribution in [-0.4, -0.2) is 13.7 Å². The van der Waals surface area contributed by atoms with Crippen molar-refractivity contribution in [2.75, 3.05) is 19.0 Å². The molecule has 0 fully saturated rings. The predicted molar refractivity (Wildman–Crippen MR) is 103 cm³/mol. The maximum Gasteiger partial charge on any atom is 0.178 e. The molecule has 0 aliphatic rings. The quantitative estimate of drug-likeness (QED) is 0.218. The van der Waals surface area contributed by atoms with E-state index in [1.54, 1.807) is 45.2 Å². The van der Waals surface area contributed by atoms with Crippen LogP contribution in [0.3, 0.4) is 0 Å². The Labute approximate surface area is 158 Å². The molecule has 1 rings (SSSR count). The molecule has 0 saturated heterocycles. The van der Waals surface area contributed by atoms with E-state index in [1.807, 2.05) is 6.07 Å². The third kappa shape index (κ3) is 5.88. The molecule has 0 aliphatic heterocycles. The summed E-state index contributed by atoms with van der Waals surface area (Å²) in [5.74, 6) is 1.03. The number of allylic oxidation sites excluding steroid dienone is 3. The zero-order chi connectivity index (χ0) is 19.5. The molecule has 0 radical (unpaired) electrons. The largest absolute Gasteiger partial charge is 0.455 e. The monoisotopic (exact) mass is 375 g/mol. The highest BCUT2D eigenvalue weighted by molar-refractivity contribution is 6.33. The fraction of sp³-hybridized carbons (Fsp3) is 0.211.